The Morgan fingerprint density at radius 2 is 1.90 bits per heavy atom. The van der Waals surface area contributed by atoms with Gasteiger partial charge in [-0.15, -0.1) is 0 Å². The topological polar surface area (TPSA) is 55.1 Å². The summed E-state index contributed by atoms with van der Waals surface area (Å²) in [7, 11) is 0. The average Bonchev–Trinajstić information content (AvgIpc) is 2.82. The first-order chi connectivity index (χ1) is 9.81. The first-order valence-corrected chi connectivity index (χ1v) is 6.23. The van der Waals surface area contributed by atoms with Gasteiger partial charge in [0, 0.05) is 6.92 Å². The van der Waals surface area contributed by atoms with Gasteiger partial charge in [0.15, 0.2) is 23.3 Å². The summed E-state index contributed by atoms with van der Waals surface area (Å²) in [5.41, 5.74) is -0.0596. The van der Waals surface area contributed by atoms with Crippen molar-refractivity contribution in [2.45, 2.75) is 26.7 Å². The van der Waals surface area contributed by atoms with E-state index in [-0.39, 0.29) is 17.6 Å². The van der Waals surface area contributed by atoms with Crippen molar-refractivity contribution in [3.8, 4) is 0 Å². The van der Waals surface area contributed by atoms with Crippen LogP contribution in [0.3, 0.4) is 0 Å². The lowest BCUT2D eigenvalue weighted by atomic mass is 10.1. The molecule has 21 heavy (non-hydrogen) atoms. The molecule has 0 aliphatic heterocycles. The number of rotatable bonds is 3. The third-order valence-electron chi connectivity index (χ3n) is 2.80. The van der Waals surface area contributed by atoms with Crippen molar-refractivity contribution < 1.29 is 22.4 Å². The SMILES string of the molecule is Cc1nc(C(C)C)c(C(=O)Nc2ccc(F)c(F)c2F)o1. The smallest absolute Gasteiger partial charge is 0.293 e. The molecule has 1 aromatic carbocycles. The van der Waals surface area contributed by atoms with E-state index in [2.05, 4.69) is 10.3 Å². The Bertz CT molecular complexity index is 696. The third-order valence-corrected chi connectivity index (χ3v) is 2.80. The summed E-state index contributed by atoms with van der Waals surface area (Å²) in [5, 5.41) is 2.15. The number of nitrogens with zero attached hydrogens (tertiary/aromatic N) is 1. The van der Waals surface area contributed by atoms with Crippen LogP contribution in [0.25, 0.3) is 0 Å². The molecule has 0 bridgehead atoms. The number of hydrogen-bond donors (Lipinski definition) is 1. The number of nitrogens with one attached hydrogen (secondary N) is 1. The minimum absolute atomic E-state index is 0.0772. The molecule has 1 amide bonds. The van der Waals surface area contributed by atoms with Crippen LogP contribution in [-0.2, 0) is 0 Å². The number of halogens is 3. The molecule has 0 saturated heterocycles. The van der Waals surface area contributed by atoms with Crippen molar-refractivity contribution in [2.75, 3.05) is 5.32 Å². The van der Waals surface area contributed by atoms with Crippen molar-refractivity contribution in [2.24, 2.45) is 0 Å². The van der Waals surface area contributed by atoms with Crippen LogP contribution in [0.15, 0.2) is 16.5 Å². The van der Waals surface area contributed by atoms with Gasteiger partial charge in [-0.3, -0.25) is 4.79 Å². The zero-order valence-corrected chi connectivity index (χ0v) is 11.6. The van der Waals surface area contributed by atoms with Crippen LogP contribution in [0.4, 0.5) is 18.9 Å². The van der Waals surface area contributed by atoms with E-state index in [4.69, 9.17) is 4.42 Å². The predicted molar refractivity (Wildman–Crippen MR) is 69.6 cm³/mol. The van der Waals surface area contributed by atoms with Gasteiger partial charge in [0.2, 0.25) is 5.76 Å². The number of carbonyl (C=O) groups is 1. The molecule has 0 atom stereocenters. The van der Waals surface area contributed by atoms with Crippen molar-refractivity contribution >= 4 is 11.6 Å². The van der Waals surface area contributed by atoms with E-state index in [1.807, 2.05) is 13.8 Å². The van der Waals surface area contributed by atoms with Crippen molar-refractivity contribution in [3.05, 3.63) is 46.9 Å². The van der Waals surface area contributed by atoms with E-state index in [0.717, 1.165) is 12.1 Å². The van der Waals surface area contributed by atoms with E-state index < -0.39 is 29.0 Å². The van der Waals surface area contributed by atoms with Crippen LogP contribution in [-0.4, -0.2) is 10.9 Å². The van der Waals surface area contributed by atoms with Gasteiger partial charge in [0.25, 0.3) is 5.91 Å². The third kappa shape index (κ3) is 2.91. The molecule has 0 fully saturated rings. The molecular weight excluding hydrogens is 285 g/mol. The lowest BCUT2D eigenvalue weighted by Crippen LogP contribution is -2.15. The monoisotopic (exact) mass is 298 g/mol. The molecular formula is C14H13F3N2O2. The van der Waals surface area contributed by atoms with Crippen LogP contribution in [0, 0.1) is 24.4 Å². The minimum atomic E-state index is -1.65. The Hall–Kier alpha value is -2.31. The van der Waals surface area contributed by atoms with E-state index >= 15 is 0 Å². The molecule has 4 nitrogen and oxygen atoms in total. The summed E-state index contributed by atoms with van der Waals surface area (Å²) >= 11 is 0. The molecule has 2 aromatic rings. The highest BCUT2D eigenvalue weighted by molar-refractivity contribution is 6.03. The first-order valence-electron chi connectivity index (χ1n) is 6.23. The quantitative estimate of drug-likeness (QED) is 0.877. The Morgan fingerprint density at radius 3 is 2.52 bits per heavy atom. The van der Waals surface area contributed by atoms with Crippen molar-refractivity contribution in [1.82, 2.24) is 4.98 Å². The molecule has 2 rings (SSSR count). The number of amides is 1. The number of hydrogen-bond acceptors (Lipinski definition) is 3. The van der Waals surface area contributed by atoms with E-state index in [1.54, 1.807) is 6.92 Å². The predicted octanol–water partition coefficient (Wildman–Crippen LogP) is 3.78. The van der Waals surface area contributed by atoms with Gasteiger partial charge >= 0.3 is 0 Å². The normalized spacial score (nSPS) is 11.0. The molecule has 112 valence electrons. The van der Waals surface area contributed by atoms with Crippen LogP contribution in [0.5, 0.6) is 0 Å². The molecule has 0 aliphatic carbocycles. The Morgan fingerprint density at radius 1 is 1.24 bits per heavy atom. The average molecular weight is 298 g/mol. The van der Waals surface area contributed by atoms with Gasteiger partial charge in [0.05, 0.1) is 11.4 Å². The second-order valence-electron chi connectivity index (χ2n) is 4.78. The van der Waals surface area contributed by atoms with Crippen molar-refractivity contribution in [1.29, 1.82) is 0 Å². The standard InChI is InChI=1S/C14H13F3N2O2/c1-6(2)12-13(21-7(3)18-12)14(20)19-9-5-4-8(15)10(16)11(9)17/h4-6H,1-3H3,(H,19,20). The van der Waals surface area contributed by atoms with Gasteiger partial charge in [-0.2, -0.15) is 0 Å². The lowest BCUT2D eigenvalue weighted by molar-refractivity contribution is 0.0993. The molecule has 0 spiro atoms. The van der Waals surface area contributed by atoms with Gasteiger partial charge in [-0.1, -0.05) is 13.8 Å². The number of carbonyl (C=O) groups excluding carboxylic acids is 1. The van der Waals surface area contributed by atoms with Crippen LogP contribution < -0.4 is 5.32 Å². The Kier molecular flexibility index (Phi) is 4.02. The van der Waals surface area contributed by atoms with Gasteiger partial charge in [-0.05, 0) is 18.1 Å². The Labute approximate surface area is 119 Å². The summed E-state index contributed by atoms with van der Waals surface area (Å²) in [5.74, 6) is -5.09. The molecule has 0 aliphatic rings. The summed E-state index contributed by atoms with van der Waals surface area (Å²) < 4.78 is 44.7. The van der Waals surface area contributed by atoms with E-state index in [9.17, 15) is 18.0 Å². The number of aromatic nitrogens is 1. The molecule has 7 heteroatoms. The number of benzene rings is 1. The number of anilines is 1. The molecule has 1 aromatic heterocycles. The second kappa shape index (κ2) is 5.59. The lowest BCUT2D eigenvalue weighted by Gasteiger charge is -2.07. The molecule has 0 radical (unpaired) electrons. The van der Waals surface area contributed by atoms with Gasteiger partial charge < -0.3 is 9.73 Å². The zero-order valence-electron chi connectivity index (χ0n) is 11.6. The molecule has 0 saturated carbocycles. The number of aryl methyl sites for hydroxylation is 1. The maximum absolute atomic E-state index is 13.5. The van der Waals surface area contributed by atoms with Crippen molar-refractivity contribution in [3.63, 3.8) is 0 Å². The van der Waals surface area contributed by atoms with Crippen LogP contribution in [0.1, 0.15) is 41.9 Å². The molecule has 0 unspecified atom stereocenters. The fraction of sp³-hybridized carbons (Fsp3) is 0.286. The first kappa shape index (κ1) is 15.1. The van der Waals surface area contributed by atoms with Gasteiger partial charge in [0.1, 0.15) is 0 Å². The highest BCUT2D eigenvalue weighted by atomic mass is 19.2. The highest BCUT2D eigenvalue weighted by Crippen LogP contribution is 2.23. The van der Waals surface area contributed by atoms with Crippen LogP contribution in [0.2, 0.25) is 0 Å². The minimum Gasteiger partial charge on any atom is -0.436 e. The summed E-state index contributed by atoms with van der Waals surface area (Å²) in [6, 6.07) is 1.66. The fourth-order valence-electron chi connectivity index (χ4n) is 1.80. The van der Waals surface area contributed by atoms with Crippen LogP contribution >= 0.6 is 0 Å². The van der Waals surface area contributed by atoms with Gasteiger partial charge in [-0.25, -0.2) is 18.2 Å². The Balaban J connectivity index is 2.33. The largest absolute Gasteiger partial charge is 0.436 e. The highest BCUT2D eigenvalue weighted by Gasteiger charge is 2.23. The summed E-state index contributed by atoms with van der Waals surface area (Å²) in [4.78, 5) is 16.1. The summed E-state index contributed by atoms with van der Waals surface area (Å²) in [6.45, 7) is 5.19. The zero-order chi connectivity index (χ0) is 15.7. The van der Waals surface area contributed by atoms with E-state index in [0.29, 0.717) is 5.69 Å². The van der Waals surface area contributed by atoms with E-state index in [1.165, 1.54) is 0 Å². The maximum Gasteiger partial charge on any atom is 0.293 e. The summed E-state index contributed by atoms with van der Waals surface area (Å²) in [6.07, 6.45) is 0. The fourth-order valence-corrected chi connectivity index (χ4v) is 1.80. The second-order valence-corrected chi connectivity index (χ2v) is 4.78. The maximum atomic E-state index is 13.5. The molecule has 1 N–H and O–H groups in total. The number of oxazole rings is 1. The molecule has 1 heterocycles.